The predicted molar refractivity (Wildman–Crippen MR) is 82.3 cm³/mol. The Kier molecular flexibility index (Phi) is 3.44. The van der Waals surface area contributed by atoms with E-state index in [1.54, 1.807) is 30.3 Å². The molecule has 3 nitrogen and oxygen atoms in total. The van der Waals surface area contributed by atoms with Gasteiger partial charge in [-0.15, -0.1) is 0 Å². The normalized spacial score (nSPS) is 25.4. The van der Waals surface area contributed by atoms with Crippen LogP contribution in [-0.2, 0) is 9.84 Å². The monoisotopic (exact) mass is 351 g/mol. The Morgan fingerprint density at radius 2 is 1.55 bits per heavy atom. The van der Waals surface area contributed by atoms with E-state index >= 15 is 0 Å². The van der Waals surface area contributed by atoms with Crippen molar-refractivity contribution in [1.82, 2.24) is 0 Å². The van der Waals surface area contributed by atoms with Gasteiger partial charge in [-0.1, -0.05) is 46.3 Å². The smallest absolute Gasteiger partial charge is 0.183 e. The second-order valence-electron chi connectivity index (χ2n) is 4.98. The van der Waals surface area contributed by atoms with Gasteiger partial charge in [0.1, 0.15) is 0 Å². The third kappa shape index (κ3) is 2.30. The maximum atomic E-state index is 12.6. The molecule has 1 fully saturated rings. The van der Waals surface area contributed by atoms with Crippen LogP contribution >= 0.6 is 15.9 Å². The second-order valence-corrected chi connectivity index (χ2v) is 8.00. The molecule has 3 rings (SSSR count). The van der Waals surface area contributed by atoms with Crippen molar-refractivity contribution in [2.24, 2.45) is 5.73 Å². The van der Waals surface area contributed by atoms with Crippen molar-refractivity contribution >= 4 is 25.8 Å². The summed E-state index contributed by atoms with van der Waals surface area (Å²) in [6, 6.07) is 15.9. The minimum atomic E-state index is -3.36. The summed E-state index contributed by atoms with van der Waals surface area (Å²) in [6.45, 7) is 0. The average molecular weight is 352 g/mol. The summed E-state index contributed by atoms with van der Waals surface area (Å²) in [7, 11) is -3.36. The first-order valence-electron chi connectivity index (χ1n) is 6.32. The Morgan fingerprint density at radius 3 is 2.15 bits per heavy atom. The van der Waals surface area contributed by atoms with Crippen molar-refractivity contribution < 1.29 is 8.42 Å². The van der Waals surface area contributed by atoms with Crippen LogP contribution in [0.3, 0.4) is 0 Å². The highest BCUT2D eigenvalue weighted by Gasteiger charge is 2.56. The molecule has 3 atom stereocenters. The minimum Gasteiger partial charge on any atom is -0.326 e. The van der Waals surface area contributed by atoms with E-state index in [4.69, 9.17) is 5.73 Å². The summed E-state index contributed by atoms with van der Waals surface area (Å²) in [6.07, 6.45) is 0. The number of rotatable bonds is 3. The topological polar surface area (TPSA) is 60.2 Å². The van der Waals surface area contributed by atoms with Crippen LogP contribution in [0.25, 0.3) is 0 Å². The molecule has 0 saturated heterocycles. The Balaban J connectivity index is 1.91. The molecule has 20 heavy (non-hydrogen) atoms. The zero-order valence-corrected chi connectivity index (χ0v) is 13.0. The molecule has 1 aliphatic rings. The van der Waals surface area contributed by atoms with E-state index < -0.39 is 15.1 Å². The number of nitrogens with two attached hydrogens (primary N) is 1. The van der Waals surface area contributed by atoms with Gasteiger partial charge in [-0.3, -0.25) is 0 Å². The molecule has 0 amide bonds. The zero-order valence-electron chi connectivity index (χ0n) is 10.6. The number of halogens is 1. The fourth-order valence-corrected chi connectivity index (χ4v) is 4.90. The third-order valence-electron chi connectivity index (χ3n) is 3.69. The molecular formula is C15H14BrNO2S. The minimum absolute atomic E-state index is 0.117. The van der Waals surface area contributed by atoms with Crippen molar-refractivity contribution in [2.45, 2.75) is 22.1 Å². The SMILES string of the molecule is N[C@H]1[C@H](c2ccc(Br)cc2)[C@@H]1S(=O)(=O)c1ccccc1. The largest absolute Gasteiger partial charge is 0.326 e. The first kappa shape index (κ1) is 13.8. The molecule has 0 aromatic heterocycles. The zero-order chi connectivity index (χ0) is 14.3. The van der Waals surface area contributed by atoms with Crippen LogP contribution in [0.15, 0.2) is 64.0 Å². The summed E-state index contributed by atoms with van der Waals surface area (Å²) < 4.78 is 26.1. The standard InChI is InChI=1S/C15H14BrNO2S/c16-11-8-6-10(7-9-11)13-14(17)15(13)20(18,19)12-4-2-1-3-5-12/h1-9,13-15H,17H2/t13-,14-,15-/m0/s1. The van der Waals surface area contributed by atoms with Crippen LogP contribution in [0.2, 0.25) is 0 Å². The van der Waals surface area contributed by atoms with Gasteiger partial charge in [-0.05, 0) is 29.8 Å². The van der Waals surface area contributed by atoms with Gasteiger partial charge in [0.2, 0.25) is 0 Å². The van der Waals surface area contributed by atoms with Crippen LogP contribution in [0.1, 0.15) is 11.5 Å². The molecule has 104 valence electrons. The van der Waals surface area contributed by atoms with Crippen molar-refractivity contribution in [1.29, 1.82) is 0 Å². The first-order valence-corrected chi connectivity index (χ1v) is 8.66. The molecule has 1 saturated carbocycles. The van der Waals surface area contributed by atoms with Gasteiger partial charge in [-0.2, -0.15) is 0 Å². The van der Waals surface area contributed by atoms with E-state index in [2.05, 4.69) is 15.9 Å². The van der Waals surface area contributed by atoms with E-state index in [1.807, 2.05) is 24.3 Å². The molecule has 0 heterocycles. The molecule has 0 radical (unpaired) electrons. The van der Waals surface area contributed by atoms with Crippen LogP contribution in [0, 0.1) is 0 Å². The van der Waals surface area contributed by atoms with Crippen molar-refractivity contribution in [2.75, 3.05) is 0 Å². The summed E-state index contributed by atoms with van der Waals surface area (Å²) in [4.78, 5) is 0.347. The summed E-state index contributed by atoms with van der Waals surface area (Å²) in [5.74, 6) is -0.117. The first-order chi connectivity index (χ1) is 9.51. The van der Waals surface area contributed by atoms with Crippen LogP contribution in [-0.4, -0.2) is 19.7 Å². The highest BCUT2D eigenvalue weighted by molar-refractivity contribution is 9.10. The van der Waals surface area contributed by atoms with E-state index in [0.29, 0.717) is 4.90 Å². The van der Waals surface area contributed by atoms with Gasteiger partial charge in [0.15, 0.2) is 9.84 Å². The van der Waals surface area contributed by atoms with Gasteiger partial charge in [-0.25, -0.2) is 8.42 Å². The van der Waals surface area contributed by atoms with Crippen LogP contribution < -0.4 is 5.73 Å². The third-order valence-corrected chi connectivity index (χ3v) is 6.47. The van der Waals surface area contributed by atoms with Gasteiger partial charge >= 0.3 is 0 Å². The van der Waals surface area contributed by atoms with Crippen LogP contribution in [0.4, 0.5) is 0 Å². The lowest BCUT2D eigenvalue weighted by Crippen LogP contribution is -2.15. The molecule has 2 aromatic rings. The van der Waals surface area contributed by atoms with E-state index in [0.717, 1.165) is 10.0 Å². The Labute approximate surface area is 126 Å². The lowest BCUT2D eigenvalue weighted by Gasteiger charge is -2.04. The van der Waals surface area contributed by atoms with Gasteiger partial charge in [0, 0.05) is 16.4 Å². The van der Waals surface area contributed by atoms with Crippen LogP contribution in [0.5, 0.6) is 0 Å². The number of hydrogen-bond acceptors (Lipinski definition) is 3. The molecule has 0 aliphatic heterocycles. The van der Waals surface area contributed by atoms with E-state index in [9.17, 15) is 8.42 Å². The maximum absolute atomic E-state index is 12.6. The fourth-order valence-electron chi connectivity index (χ4n) is 2.57. The maximum Gasteiger partial charge on any atom is 0.183 e. The van der Waals surface area contributed by atoms with Crippen molar-refractivity contribution in [3.8, 4) is 0 Å². The Bertz CT molecular complexity index is 713. The molecule has 2 N–H and O–H groups in total. The lowest BCUT2D eigenvalue weighted by molar-refractivity contribution is 0.593. The van der Waals surface area contributed by atoms with Crippen molar-refractivity contribution in [3.05, 3.63) is 64.6 Å². The van der Waals surface area contributed by atoms with E-state index in [1.165, 1.54) is 0 Å². The Hall–Kier alpha value is -1.17. The van der Waals surface area contributed by atoms with Crippen molar-refractivity contribution in [3.63, 3.8) is 0 Å². The highest BCUT2D eigenvalue weighted by atomic mass is 79.9. The Morgan fingerprint density at radius 1 is 0.950 bits per heavy atom. The number of benzene rings is 2. The summed E-state index contributed by atoms with van der Waals surface area (Å²) in [5.41, 5.74) is 6.99. The summed E-state index contributed by atoms with van der Waals surface area (Å²) >= 11 is 3.37. The fraction of sp³-hybridized carbons (Fsp3) is 0.200. The second kappa shape index (κ2) is 4.98. The molecule has 0 spiro atoms. The molecule has 0 unspecified atom stereocenters. The molecule has 2 aromatic carbocycles. The van der Waals surface area contributed by atoms with Gasteiger partial charge in [0.25, 0.3) is 0 Å². The molecule has 0 bridgehead atoms. The summed E-state index contributed by atoms with van der Waals surface area (Å²) in [5, 5.41) is -0.522. The molecule has 1 aliphatic carbocycles. The quantitative estimate of drug-likeness (QED) is 0.924. The predicted octanol–water partition coefficient (Wildman–Crippen LogP) is 2.72. The average Bonchev–Trinajstić information content (AvgIpc) is 3.13. The lowest BCUT2D eigenvalue weighted by atomic mass is 10.1. The molecular weight excluding hydrogens is 338 g/mol. The van der Waals surface area contributed by atoms with Gasteiger partial charge in [0.05, 0.1) is 10.1 Å². The number of hydrogen-bond donors (Lipinski definition) is 1. The highest BCUT2D eigenvalue weighted by Crippen LogP contribution is 2.47. The molecule has 5 heteroatoms. The number of sulfone groups is 1. The van der Waals surface area contributed by atoms with E-state index in [-0.39, 0.29) is 12.0 Å². The van der Waals surface area contributed by atoms with Gasteiger partial charge < -0.3 is 5.73 Å².